The van der Waals surface area contributed by atoms with Crippen molar-refractivity contribution in [3.05, 3.63) is 82.5 Å². The number of nitrogen functional groups attached to an aromatic ring is 1. The number of ether oxygens (including phenoxy) is 1. The predicted molar refractivity (Wildman–Crippen MR) is 134 cm³/mol. The number of oxazole rings is 1. The van der Waals surface area contributed by atoms with Crippen LogP contribution in [0.2, 0.25) is 5.02 Å². The first kappa shape index (κ1) is 24.1. The number of nitrogens with two attached hydrogens (primary N) is 1. The topological polar surface area (TPSA) is 123 Å². The summed E-state index contributed by atoms with van der Waals surface area (Å²) in [4.78, 5) is 12.4. The summed E-state index contributed by atoms with van der Waals surface area (Å²) < 4.78 is 11.0. The van der Waals surface area contributed by atoms with E-state index in [0.717, 1.165) is 5.56 Å². The van der Waals surface area contributed by atoms with Crippen molar-refractivity contribution in [1.82, 2.24) is 9.97 Å². The maximum absolute atomic E-state index is 9.97. The maximum atomic E-state index is 9.97. The number of hydrogen-bond acceptors (Lipinski definition) is 8. The molecule has 2 heterocycles. The summed E-state index contributed by atoms with van der Waals surface area (Å²) in [6, 6.07) is 16.2. The van der Waals surface area contributed by atoms with Crippen molar-refractivity contribution in [1.29, 1.82) is 5.26 Å². The Kier molecular flexibility index (Phi) is 7.54. The van der Waals surface area contributed by atoms with Gasteiger partial charge in [-0.1, -0.05) is 35.5 Å². The molecule has 0 aliphatic rings. The Hall–Kier alpha value is -4.02. The molecule has 174 valence electrons. The SMILES string of the molecule is [C-]#[N+]c1c(N)nc(SCc2coc(-c3ccc(Cl)cc3)n2)c(C#N)c1-c1ccc(OCCO)cc1. The summed E-state index contributed by atoms with van der Waals surface area (Å²) in [6.45, 7) is 7.66. The fraction of sp³-hybridized carbons (Fsp3) is 0.120. The second-order valence-corrected chi connectivity index (χ2v) is 8.56. The average Bonchev–Trinajstić information content (AvgIpc) is 3.35. The fourth-order valence-corrected chi connectivity index (χ4v) is 4.29. The lowest BCUT2D eigenvalue weighted by molar-refractivity contribution is 0.201. The molecule has 2 aromatic heterocycles. The summed E-state index contributed by atoms with van der Waals surface area (Å²) in [5.41, 5.74) is 8.96. The molecule has 0 aliphatic heterocycles. The van der Waals surface area contributed by atoms with E-state index in [1.165, 1.54) is 11.8 Å². The van der Waals surface area contributed by atoms with Crippen LogP contribution in [0.3, 0.4) is 0 Å². The molecule has 0 saturated heterocycles. The van der Waals surface area contributed by atoms with Gasteiger partial charge in [0.2, 0.25) is 11.6 Å². The van der Waals surface area contributed by atoms with E-state index in [4.69, 9.17) is 38.2 Å². The molecule has 0 atom stereocenters. The van der Waals surface area contributed by atoms with E-state index in [0.29, 0.717) is 44.3 Å². The first-order valence-electron chi connectivity index (χ1n) is 10.3. The highest BCUT2D eigenvalue weighted by Crippen LogP contribution is 2.42. The summed E-state index contributed by atoms with van der Waals surface area (Å²) in [7, 11) is 0. The summed E-state index contributed by atoms with van der Waals surface area (Å²) in [5, 5.41) is 19.9. The molecule has 0 saturated carbocycles. The Morgan fingerprint density at radius 3 is 2.51 bits per heavy atom. The molecule has 2 aromatic carbocycles. The zero-order chi connectivity index (χ0) is 24.8. The molecule has 10 heteroatoms. The average molecular weight is 504 g/mol. The van der Waals surface area contributed by atoms with Crippen LogP contribution in [0.4, 0.5) is 11.5 Å². The highest BCUT2D eigenvalue weighted by Gasteiger charge is 2.21. The lowest BCUT2D eigenvalue weighted by atomic mass is 10.00. The summed E-state index contributed by atoms with van der Waals surface area (Å²) in [6.07, 6.45) is 1.55. The van der Waals surface area contributed by atoms with Crippen molar-refractivity contribution in [2.45, 2.75) is 10.8 Å². The van der Waals surface area contributed by atoms with Crippen LogP contribution in [-0.2, 0) is 5.75 Å². The largest absolute Gasteiger partial charge is 0.491 e. The van der Waals surface area contributed by atoms with Crippen molar-refractivity contribution in [2.75, 3.05) is 18.9 Å². The van der Waals surface area contributed by atoms with Gasteiger partial charge in [0, 0.05) is 21.9 Å². The number of anilines is 1. The van der Waals surface area contributed by atoms with E-state index in [1.807, 2.05) is 12.1 Å². The van der Waals surface area contributed by atoms with Crippen molar-refractivity contribution in [2.24, 2.45) is 0 Å². The minimum Gasteiger partial charge on any atom is -0.491 e. The number of aliphatic hydroxyl groups excluding tert-OH is 1. The third-order valence-electron chi connectivity index (χ3n) is 4.89. The zero-order valence-electron chi connectivity index (χ0n) is 18.2. The maximum Gasteiger partial charge on any atom is 0.236 e. The Bertz CT molecular complexity index is 1420. The van der Waals surface area contributed by atoms with Crippen LogP contribution in [0.15, 0.2) is 64.2 Å². The third kappa shape index (κ3) is 5.39. The molecule has 0 amide bonds. The normalized spacial score (nSPS) is 10.5. The number of rotatable bonds is 8. The van der Waals surface area contributed by atoms with Crippen molar-refractivity contribution >= 4 is 34.9 Å². The molecule has 0 unspecified atom stereocenters. The minimum absolute atomic E-state index is 0.0408. The number of nitriles is 1. The number of halogens is 1. The van der Waals surface area contributed by atoms with Gasteiger partial charge in [0.05, 0.1) is 24.4 Å². The van der Waals surface area contributed by atoms with Crippen LogP contribution in [0.25, 0.3) is 27.4 Å². The van der Waals surface area contributed by atoms with Crippen LogP contribution >= 0.6 is 23.4 Å². The quantitative estimate of drug-likeness (QED) is 0.231. The molecule has 0 spiro atoms. The zero-order valence-corrected chi connectivity index (χ0v) is 19.8. The van der Waals surface area contributed by atoms with Gasteiger partial charge in [-0.3, -0.25) is 0 Å². The Balaban J connectivity index is 1.63. The van der Waals surface area contributed by atoms with E-state index >= 15 is 0 Å². The molecule has 4 aromatic rings. The van der Waals surface area contributed by atoms with Gasteiger partial charge < -0.3 is 20.0 Å². The van der Waals surface area contributed by atoms with Crippen molar-refractivity contribution in [3.8, 4) is 34.4 Å². The second kappa shape index (κ2) is 10.9. The Morgan fingerprint density at radius 1 is 1.14 bits per heavy atom. The number of hydrogen-bond donors (Lipinski definition) is 2. The molecule has 0 bridgehead atoms. The van der Waals surface area contributed by atoms with Crippen LogP contribution in [0.1, 0.15) is 11.3 Å². The first-order chi connectivity index (χ1) is 17.0. The standard InChI is InChI=1S/C25H18ClN5O3S/c1-29-22-21(15-4-8-19(9-5-15)33-11-10-32)20(12-27)25(31-23(22)28)35-14-18-13-34-24(30-18)16-2-6-17(26)7-3-16/h2-9,13,32H,10-11,14H2,(H2,28,31). The number of nitrogens with zero attached hydrogens (tertiary/aromatic N) is 4. The van der Waals surface area contributed by atoms with Gasteiger partial charge in [-0.25, -0.2) is 14.8 Å². The second-order valence-electron chi connectivity index (χ2n) is 7.16. The van der Waals surface area contributed by atoms with Crippen molar-refractivity contribution < 1.29 is 14.3 Å². The lowest BCUT2D eigenvalue weighted by Crippen LogP contribution is -2.02. The van der Waals surface area contributed by atoms with E-state index < -0.39 is 0 Å². The monoisotopic (exact) mass is 503 g/mol. The predicted octanol–water partition coefficient (Wildman–Crippen LogP) is 5.73. The molecule has 0 aliphatic carbocycles. The molecule has 0 fully saturated rings. The summed E-state index contributed by atoms with van der Waals surface area (Å²) in [5.74, 6) is 1.44. The third-order valence-corrected chi connectivity index (χ3v) is 6.15. The van der Waals surface area contributed by atoms with Crippen LogP contribution in [0.5, 0.6) is 5.75 Å². The van der Waals surface area contributed by atoms with Gasteiger partial charge in [-0.05, 0) is 42.0 Å². The molecular weight excluding hydrogens is 486 g/mol. The van der Waals surface area contributed by atoms with Crippen LogP contribution in [0, 0.1) is 17.9 Å². The molecule has 8 nitrogen and oxygen atoms in total. The van der Waals surface area contributed by atoms with E-state index in [2.05, 4.69) is 20.9 Å². The van der Waals surface area contributed by atoms with Gasteiger partial charge in [-0.2, -0.15) is 5.26 Å². The van der Waals surface area contributed by atoms with Crippen molar-refractivity contribution in [3.63, 3.8) is 0 Å². The minimum atomic E-state index is -0.101. The van der Waals surface area contributed by atoms with E-state index in [-0.39, 0.29) is 30.3 Å². The first-order valence-corrected chi connectivity index (χ1v) is 11.7. The van der Waals surface area contributed by atoms with Gasteiger partial charge in [0.15, 0.2) is 0 Å². The Morgan fingerprint density at radius 2 is 1.86 bits per heavy atom. The van der Waals surface area contributed by atoms with E-state index in [9.17, 15) is 5.26 Å². The van der Waals surface area contributed by atoms with Gasteiger partial charge in [0.25, 0.3) is 0 Å². The van der Waals surface area contributed by atoms with Gasteiger partial charge in [-0.15, -0.1) is 0 Å². The van der Waals surface area contributed by atoms with E-state index in [1.54, 1.807) is 42.7 Å². The Labute approximate surface area is 210 Å². The number of thioether (sulfide) groups is 1. The smallest absolute Gasteiger partial charge is 0.236 e. The number of benzene rings is 2. The highest BCUT2D eigenvalue weighted by atomic mass is 35.5. The highest BCUT2D eigenvalue weighted by molar-refractivity contribution is 7.98. The van der Waals surface area contributed by atoms with Crippen LogP contribution < -0.4 is 10.5 Å². The number of aromatic nitrogens is 2. The van der Waals surface area contributed by atoms with Gasteiger partial charge in [0.1, 0.15) is 35.5 Å². The molecular formula is C25H18ClN5O3S. The molecule has 3 N–H and O–H groups in total. The van der Waals surface area contributed by atoms with Gasteiger partial charge >= 0.3 is 0 Å². The number of aliphatic hydroxyl groups is 1. The fourth-order valence-electron chi connectivity index (χ4n) is 3.30. The molecule has 4 rings (SSSR count). The molecule has 35 heavy (non-hydrogen) atoms. The summed E-state index contributed by atoms with van der Waals surface area (Å²) >= 11 is 7.22. The lowest BCUT2D eigenvalue weighted by Gasteiger charge is -2.13. The molecule has 0 radical (unpaired) electrons. The van der Waals surface area contributed by atoms with Crippen LogP contribution in [-0.4, -0.2) is 28.3 Å². The number of pyridine rings is 1.